The standard InChI is InChI=1S/C13H22N2O4/c1-13(12(17)18)3-5-15(6-4-13)11(16)10-7-9(19-2)8-14-10/h9-10,14H,3-8H2,1-2H3,(H,17,18). The van der Waals surface area contributed by atoms with E-state index in [1.165, 1.54) is 0 Å². The van der Waals surface area contributed by atoms with Crippen LogP contribution in [0, 0.1) is 5.41 Å². The number of likely N-dealkylation sites (tertiary alicyclic amines) is 1. The number of carbonyl (C=O) groups excluding carboxylic acids is 1. The van der Waals surface area contributed by atoms with E-state index < -0.39 is 11.4 Å². The van der Waals surface area contributed by atoms with Crippen molar-refractivity contribution >= 4 is 11.9 Å². The minimum Gasteiger partial charge on any atom is -0.481 e. The number of carboxylic acid groups (broad SMARTS) is 1. The Kier molecular flexibility index (Phi) is 4.10. The minimum atomic E-state index is -0.766. The van der Waals surface area contributed by atoms with Gasteiger partial charge in [0.05, 0.1) is 17.6 Å². The molecule has 2 fully saturated rings. The van der Waals surface area contributed by atoms with Gasteiger partial charge >= 0.3 is 5.97 Å². The van der Waals surface area contributed by atoms with Gasteiger partial charge < -0.3 is 20.1 Å². The van der Waals surface area contributed by atoms with Crippen molar-refractivity contribution in [1.82, 2.24) is 10.2 Å². The Labute approximate surface area is 113 Å². The van der Waals surface area contributed by atoms with Crippen LogP contribution in [0.1, 0.15) is 26.2 Å². The van der Waals surface area contributed by atoms with Crippen molar-refractivity contribution in [2.45, 2.75) is 38.3 Å². The molecule has 108 valence electrons. The topological polar surface area (TPSA) is 78.9 Å². The number of methoxy groups -OCH3 is 1. The van der Waals surface area contributed by atoms with Gasteiger partial charge in [-0.3, -0.25) is 9.59 Å². The fourth-order valence-electron chi connectivity index (χ4n) is 2.73. The summed E-state index contributed by atoms with van der Waals surface area (Å²) >= 11 is 0. The summed E-state index contributed by atoms with van der Waals surface area (Å²) in [6.07, 6.45) is 1.84. The summed E-state index contributed by atoms with van der Waals surface area (Å²) in [5.74, 6) is -0.690. The molecule has 0 aromatic rings. The second kappa shape index (κ2) is 5.46. The summed E-state index contributed by atoms with van der Waals surface area (Å²) in [7, 11) is 1.65. The van der Waals surface area contributed by atoms with Gasteiger partial charge in [-0.25, -0.2) is 0 Å². The molecular formula is C13H22N2O4. The number of aliphatic carboxylic acids is 1. The van der Waals surface area contributed by atoms with E-state index in [2.05, 4.69) is 5.32 Å². The van der Waals surface area contributed by atoms with Crippen LogP contribution in [0.2, 0.25) is 0 Å². The Balaban J connectivity index is 1.88. The van der Waals surface area contributed by atoms with Crippen molar-refractivity contribution in [3.63, 3.8) is 0 Å². The highest BCUT2D eigenvalue weighted by Crippen LogP contribution is 2.31. The second-order valence-electron chi connectivity index (χ2n) is 5.75. The summed E-state index contributed by atoms with van der Waals surface area (Å²) in [4.78, 5) is 25.2. The largest absolute Gasteiger partial charge is 0.481 e. The van der Waals surface area contributed by atoms with Crippen molar-refractivity contribution in [2.24, 2.45) is 5.41 Å². The van der Waals surface area contributed by atoms with Crippen LogP contribution in [-0.2, 0) is 14.3 Å². The molecule has 2 unspecified atom stereocenters. The van der Waals surface area contributed by atoms with Gasteiger partial charge in [0.15, 0.2) is 0 Å². The summed E-state index contributed by atoms with van der Waals surface area (Å²) in [6, 6.07) is -0.181. The van der Waals surface area contributed by atoms with E-state index >= 15 is 0 Å². The molecule has 6 nitrogen and oxygen atoms in total. The Morgan fingerprint density at radius 2 is 2.00 bits per heavy atom. The molecule has 2 aliphatic rings. The molecule has 0 bridgehead atoms. The first-order chi connectivity index (χ1) is 8.96. The van der Waals surface area contributed by atoms with Crippen molar-refractivity contribution in [3.8, 4) is 0 Å². The van der Waals surface area contributed by atoms with Crippen LogP contribution in [0.25, 0.3) is 0 Å². The molecule has 2 atom stereocenters. The molecular weight excluding hydrogens is 248 g/mol. The molecule has 2 aliphatic heterocycles. The molecule has 19 heavy (non-hydrogen) atoms. The van der Waals surface area contributed by atoms with E-state index in [-0.39, 0.29) is 18.1 Å². The van der Waals surface area contributed by atoms with Gasteiger partial charge in [-0.05, 0) is 26.2 Å². The number of nitrogens with zero attached hydrogens (tertiary/aromatic N) is 1. The van der Waals surface area contributed by atoms with Crippen LogP contribution in [0.3, 0.4) is 0 Å². The van der Waals surface area contributed by atoms with Gasteiger partial charge in [0, 0.05) is 26.7 Å². The molecule has 2 saturated heterocycles. The molecule has 0 aliphatic carbocycles. The maximum atomic E-state index is 12.3. The number of ether oxygens (including phenoxy) is 1. The summed E-state index contributed by atoms with van der Waals surface area (Å²) < 4.78 is 5.23. The molecule has 0 aromatic carbocycles. The molecule has 0 aromatic heterocycles. The molecule has 2 rings (SSSR count). The first-order valence-corrected chi connectivity index (χ1v) is 6.74. The van der Waals surface area contributed by atoms with E-state index in [0.29, 0.717) is 38.9 Å². The Morgan fingerprint density at radius 3 is 2.47 bits per heavy atom. The maximum absolute atomic E-state index is 12.3. The van der Waals surface area contributed by atoms with E-state index in [4.69, 9.17) is 9.84 Å². The molecule has 0 radical (unpaired) electrons. The van der Waals surface area contributed by atoms with Crippen LogP contribution in [0.15, 0.2) is 0 Å². The third-order valence-electron chi connectivity index (χ3n) is 4.42. The molecule has 0 spiro atoms. The summed E-state index contributed by atoms with van der Waals surface area (Å²) in [5, 5.41) is 12.3. The zero-order valence-electron chi connectivity index (χ0n) is 11.5. The van der Waals surface area contributed by atoms with Crippen molar-refractivity contribution in [2.75, 3.05) is 26.7 Å². The average molecular weight is 270 g/mol. The number of hydrogen-bond donors (Lipinski definition) is 2. The third-order valence-corrected chi connectivity index (χ3v) is 4.42. The van der Waals surface area contributed by atoms with Crippen LogP contribution in [0.5, 0.6) is 0 Å². The third kappa shape index (κ3) is 2.90. The SMILES string of the molecule is COC1CNC(C(=O)N2CCC(C)(C(=O)O)CC2)C1. The summed E-state index contributed by atoms with van der Waals surface area (Å²) in [5.41, 5.74) is -0.686. The number of carboxylic acids is 1. The fourth-order valence-corrected chi connectivity index (χ4v) is 2.73. The van der Waals surface area contributed by atoms with E-state index in [9.17, 15) is 9.59 Å². The predicted octanol–water partition coefficient (Wildman–Crippen LogP) is 0.0766. The van der Waals surface area contributed by atoms with Gasteiger partial charge in [-0.15, -0.1) is 0 Å². The number of carbonyl (C=O) groups is 2. The van der Waals surface area contributed by atoms with Crippen LogP contribution in [-0.4, -0.2) is 60.8 Å². The van der Waals surface area contributed by atoms with Gasteiger partial charge in [0.25, 0.3) is 0 Å². The number of hydrogen-bond acceptors (Lipinski definition) is 4. The first-order valence-electron chi connectivity index (χ1n) is 6.74. The Morgan fingerprint density at radius 1 is 1.37 bits per heavy atom. The Bertz CT molecular complexity index is 364. The lowest BCUT2D eigenvalue weighted by molar-refractivity contribution is -0.153. The van der Waals surface area contributed by atoms with E-state index in [1.807, 2.05) is 0 Å². The normalized spacial score (nSPS) is 30.3. The van der Waals surface area contributed by atoms with Crippen LogP contribution in [0.4, 0.5) is 0 Å². The van der Waals surface area contributed by atoms with Crippen LogP contribution >= 0.6 is 0 Å². The lowest BCUT2D eigenvalue weighted by atomic mass is 9.80. The van der Waals surface area contributed by atoms with Crippen LogP contribution < -0.4 is 5.32 Å². The van der Waals surface area contributed by atoms with Crippen molar-refractivity contribution in [1.29, 1.82) is 0 Å². The van der Waals surface area contributed by atoms with Gasteiger partial charge in [-0.1, -0.05) is 0 Å². The lowest BCUT2D eigenvalue weighted by Gasteiger charge is -2.37. The molecule has 2 N–H and O–H groups in total. The highest BCUT2D eigenvalue weighted by Gasteiger charge is 2.40. The number of piperidine rings is 1. The monoisotopic (exact) mass is 270 g/mol. The smallest absolute Gasteiger partial charge is 0.309 e. The number of rotatable bonds is 3. The molecule has 6 heteroatoms. The Hall–Kier alpha value is -1.14. The molecule has 2 heterocycles. The molecule has 0 saturated carbocycles. The van der Waals surface area contributed by atoms with Crippen molar-refractivity contribution < 1.29 is 19.4 Å². The van der Waals surface area contributed by atoms with Crippen molar-refractivity contribution in [3.05, 3.63) is 0 Å². The zero-order chi connectivity index (χ0) is 14.0. The first kappa shape index (κ1) is 14.3. The minimum absolute atomic E-state index is 0.0759. The zero-order valence-corrected chi connectivity index (χ0v) is 11.5. The number of amides is 1. The second-order valence-corrected chi connectivity index (χ2v) is 5.75. The highest BCUT2D eigenvalue weighted by atomic mass is 16.5. The average Bonchev–Trinajstić information content (AvgIpc) is 2.87. The lowest BCUT2D eigenvalue weighted by Crippen LogP contribution is -2.50. The number of nitrogens with one attached hydrogen (secondary N) is 1. The predicted molar refractivity (Wildman–Crippen MR) is 68.8 cm³/mol. The van der Waals surface area contributed by atoms with E-state index in [0.717, 1.165) is 0 Å². The van der Waals surface area contributed by atoms with Gasteiger partial charge in [0.2, 0.25) is 5.91 Å². The maximum Gasteiger partial charge on any atom is 0.309 e. The fraction of sp³-hybridized carbons (Fsp3) is 0.846. The van der Waals surface area contributed by atoms with Gasteiger partial charge in [-0.2, -0.15) is 0 Å². The quantitative estimate of drug-likeness (QED) is 0.759. The van der Waals surface area contributed by atoms with Gasteiger partial charge in [0.1, 0.15) is 0 Å². The summed E-state index contributed by atoms with van der Waals surface area (Å²) in [6.45, 7) is 3.51. The molecule has 1 amide bonds. The van der Waals surface area contributed by atoms with E-state index in [1.54, 1.807) is 18.9 Å². The highest BCUT2D eigenvalue weighted by molar-refractivity contribution is 5.83.